The number of aryl methyl sites for hydroxylation is 2. The lowest BCUT2D eigenvalue weighted by molar-refractivity contribution is 0.464. The lowest BCUT2D eigenvalue weighted by atomic mass is 10.1. The number of hydrogen-bond acceptors (Lipinski definition) is 3. The maximum absolute atomic E-state index is 9.73. The first-order valence-electron chi connectivity index (χ1n) is 6.03. The van der Waals surface area contributed by atoms with Crippen LogP contribution in [0, 0.1) is 20.8 Å². The molecule has 0 fully saturated rings. The summed E-state index contributed by atoms with van der Waals surface area (Å²) >= 11 is 0. The molecule has 1 aromatic carbocycles. The Bertz CT molecular complexity index is 562. The molecule has 0 bridgehead atoms. The van der Waals surface area contributed by atoms with E-state index in [1.54, 1.807) is 12.1 Å². The van der Waals surface area contributed by atoms with Crippen LogP contribution >= 0.6 is 0 Å². The van der Waals surface area contributed by atoms with Crippen LogP contribution in [0.3, 0.4) is 0 Å². The number of pyridine rings is 1. The second-order valence-electron chi connectivity index (χ2n) is 4.52. The van der Waals surface area contributed by atoms with Gasteiger partial charge in [-0.05, 0) is 50.1 Å². The minimum Gasteiger partial charge on any atom is -0.506 e. The van der Waals surface area contributed by atoms with E-state index in [2.05, 4.69) is 30.2 Å². The first kappa shape index (κ1) is 12.4. The van der Waals surface area contributed by atoms with E-state index in [-0.39, 0.29) is 5.75 Å². The minimum atomic E-state index is 0.235. The molecule has 1 aromatic heterocycles. The van der Waals surface area contributed by atoms with Crippen LogP contribution in [0.5, 0.6) is 5.75 Å². The number of aromatic hydroxyl groups is 1. The van der Waals surface area contributed by atoms with Crippen molar-refractivity contribution >= 4 is 5.69 Å². The van der Waals surface area contributed by atoms with Crippen molar-refractivity contribution in [3.63, 3.8) is 0 Å². The molecular formula is C15H18N2O. The Balaban J connectivity index is 2.16. The van der Waals surface area contributed by atoms with Crippen LogP contribution in [0.25, 0.3) is 0 Å². The van der Waals surface area contributed by atoms with Crippen molar-refractivity contribution in [3.8, 4) is 5.75 Å². The number of aromatic nitrogens is 1. The highest BCUT2D eigenvalue weighted by atomic mass is 16.3. The third-order valence-corrected chi connectivity index (χ3v) is 3.14. The summed E-state index contributed by atoms with van der Waals surface area (Å²) in [5.41, 5.74) is 5.14. The lowest BCUT2D eigenvalue weighted by Crippen LogP contribution is -2.04. The Labute approximate surface area is 108 Å². The number of benzene rings is 1. The second-order valence-corrected chi connectivity index (χ2v) is 4.52. The SMILES string of the molecule is Cc1ccc(O)c(CNc2cccc(C)c2C)n1. The number of nitrogens with zero attached hydrogens (tertiary/aromatic N) is 1. The van der Waals surface area contributed by atoms with Crippen molar-refractivity contribution in [1.82, 2.24) is 4.98 Å². The van der Waals surface area contributed by atoms with Crippen LogP contribution < -0.4 is 5.32 Å². The van der Waals surface area contributed by atoms with E-state index in [1.165, 1.54) is 11.1 Å². The largest absolute Gasteiger partial charge is 0.506 e. The molecule has 0 atom stereocenters. The van der Waals surface area contributed by atoms with Gasteiger partial charge in [-0.25, -0.2) is 0 Å². The zero-order valence-electron chi connectivity index (χ0n) is 11.0. The summed E-state index contributed by atoms with van der Waals surface area (Å²) in [6.45, 7) is 6.61. The molecule has 0 spiro atoms. The van der Waals surface area contributed by atoms with Crippen LogP contribution in [-0.2, 0) is 6.54 Å². The molecule has 2 aromatic rings. The molecule has 2 N–H and O–H groups in total. The van der Waals surface area contributed by atoms with Crippen LogP contribution in [0.1, 0.15) is 22.5 Å². The molecular weight excluding hydrogens is 224 g/mol. The summed E-state index contributed by atoms with van der Waals surface area (Å²) in [5.74, 6) is 0.235. The van der Waals surface area contributed by atoms with Gasteiger partial charge in [-0.3, -0.25) is 4.98 Å². The second kappa shape index (κ2) is 5.08. The van der Waals surface area contributed by atoms with E-state index in [4.69, 9.17) is 0 Å². The van der Waals surface area contributed by atoms with Gasteiger partial charge in [0, 0.05) is 11.4 Å². The number of anilines is 1. The van der Waals surface area contributed by atoms with Crippen LogP contribution in [0.15, 0.2) is 30.3 Å². The summed E-state index contributed by atoms with van der Waals surface area (Å²) < 4.78 is 0. The monoisotopic (exact) mass is 242 g/mol. The first-order valence-corrected chi connectivity index (χ1v) is 6.03. The average Bonchev–Trinajstić information content (AvgIpc) is 2.35. The Hall–Kier alpha value is -2.03. The molecule has 3 nitrogen and oxygen atoms in total. The van der Waals surface area contributed by atoms with Gasteiger partial charge in [0.05, 0.1) is 6.54 Å². The van der Waals surface area contributed by atoms with Gasteiger partial charge in [0.1, 0.15) is 11.4 Å². The van der Waals surface area contributed by atoms with Gasteiger partial charge in [0.2, 0.25) is 0 Å². The Morgan fingerprint density at radius 2 is 1.89 bits per heavy atom. The zero-order chi connectivity index (χ0) is 13.1. The first-order chi connectivity index (χ1) is 8.58. The fourth-order valence-corrected chi connectivity index (χ4v) is 1.85. The Morgan fingerprint density at radius 1 is 1.11 bits per heavy atom. The van der Waals surface area contributed by atoms with Crippen molar-refractivity contribution in [1.29, 1.82) is 0 Å². The highest BCUT2D eigenvalue weighted by Gasteiger charge is 2.05. The molecule has 1 heterocycles. The molecule has 0 unspecified atom stereocenters. The van der Waals surface area contributed by atoms with E-state index in [9.17, 15) is 5.11 Å². The molecule has 0 saturated carbocycles. The van der Waals surface area contributed by atoms with Crippen LogP contribution in [0.4, 0.5) is 5.69 Å². The van der Waals surface area contributed by atoms with Crippen molar-refractivity contribution in [2.45, 2.75) is 27.3 Å². The average molecular weight is 242 g/mol. The van der Waals surface area contributed by atoms with Gasteiger partial charge in [0.25, 0.3) is 0 Å². The number of rotatable bonds is 3. The molecule has 3 heteroatoms. The molecule has 0 aliphatic carbocycles. The van der Waals surface area contributed by atoms with Gasteiger partial charge >= 0.3 is 0 Å². The van der Waals surface area contributed by atoms with Crippen molar-refractivity contribution < 1.29 is 5.11 Å². The van der Waals surface area contributed by atoms with Crippen molar-refractivity contribution in [2.75, 3.05) is 5.32 Å². The van der Waals surface area contributed by atoms with E-state index < -0.39 is 0 Å². The fourth-order valence-electron chi connectivity index (χ4n) is 1.85. The van der Waals surface area contributed by atoms with E-state index in [0.717, 1.165) is 11.4 Å². The van der Waals surface area contributed by atoms with Crippen molar-refractivity contribution in [3.05, 3.63) is 52.8 Å². The molecule has 18 heavy (non-hydrogen) atoms. The number of hydrogen-bond donors (Lipinski definition) is 2. The predicted octanol–water partition coefficient (Wildman–Crippen LogP) is 3.32. The quantitative estimate of drug-likeness (QED) is 0.867. The smallest absolute Gasteiger partial charge is 0.138 e. The molecule has 0 aliphatic rings. The van der Waals surface area contributed by atoms with Crippen molar-refractivity contribution in [2.24, 2.45) is 0 Å². The topological polar surface area (TPSA) is 45.1 Å². The fraction of sp³-hybridized carbons (Fsp3) is 0.267. The summed E-state index contributed by atoms with van der Waals surface area (Å²) in [5, 5.41) is 13.0. The van der Waals surface area contributed by atoms with E-state index >= 15 is 0 Å². The normalized spacial score (nSPS) is 10.4. The maximum atomic E-state index is 9.73. The third-order valence-electron chi connectivity index (χ3n) is 3.14. The molecule has 2 rings (SSSR count). The lowest BCUT2D eigenvalue weighted by Gasteiger charge is -2.12. The van der Waals surface area contributed by atoms with Gasteiger partial charge in [-0.15, -0.1) is 0 Å². The summed E-state index contributed by atoms with van der Waals surface area (Å²) in [4.78, 5) is 4.33. The molecule has 0 amide bonds. The van der Waals surface area contributed by atoms with Gasteiger partial charge in [-0.2, -0.15) is 0 Å². The van der Waals surface area contributed by atoms with Gasteiger partial charge in [-0.1, -0.05) is 12.1 Å². The highest BCUT2D eigenvalue weighted by molar-refractivity contribution is 5.54. The van der Waals surface area contributed by atoms with Crippen LogP contribution in [0.2, 0.25) is 0 Å². The Morgan fingerprint density at radius 3 is 2.67 bits per heavy atom. The number of nitrogens with one attached hydrogen (secondary N) is 1. The molecule has 94 valence electrons. The van der Waals surface area contributed by atoms with E-state index in [1.807, 2.05) is 19.1 Å². The van der Waals surface area contributed by atoms with Gasteiger partial charge < -0.3 is 10.4 Å². The predicted molar refractivity (Wildman–Crippen MR) is 73.9 cm³/mol. The minimum absolute atomic E-state index is 0.235. The van der Waals surface area contributed by atoms with E-state index in [0.29, 0.717) is 12.2 Å². The third kappa shape index (κ3) is 2.62. The van der Waals surface area contributed by atoms with Gasteiger partial charge in [0.15, 0.2) is 0 Å². The highest BCUT2D eigenvalue weighted by Crippen LogP contribution is 2.20. The molecule has 0 aliphatic heterocycles. The van der Waals surface area contributed by atoms with Crippen LogP contribution in [-0.4, -0.2) is 10.1 Å². The maximum Gasteiger partial charge on any atom is 0.138 e. The Kier molecular flexibility index (Phi) is 3.51. The molecule has 0 radical (unpaired) electrons. The summed E-state index contributed by atoms with van der Waals surface area (Å²) in [7, 11) is 0. The zero-order valence-corrected chi connectivity index (χ0v) is 11.0. The summed E-state index contributed by atoms with van der Waals surface area (Å²) in [6, 6.07) is 9.63. The molecule has 0 saturated heterocycles. The standard InChI is InChI=1S/C15H18N2O/c1-10-5-4-6-13(12(10)3)16-9-14-15(18)8-7-11(2)17-14/h4-8,16,18H,9H2,1-3H3. The summed E-state index contributed by atoms with van der Waals surface area (Å²) in [6.07, 6.45) is 0.